The third-order valence-electron chi connectivity index (χ3n) is 5.54. The zero-order chi connectivity index (χ0) is 24.3. The van der Waals surface area contributed by atoms with E-state index in [2.05, 4.69) is 33.2 Å². The number of benzene rings is 1. The van der Waals surface area contributed by atoms with Crippen LogP contribution in [0.5, 0.6) is 0 Å². The fraction of sp³-hybridized carbons (Fsp3) is 0.500. The van der Waals surface area contributed by atoms with Crippen LogP contribution >= 0.6 is 21.6 Å². The molecule has 4 N–H and O–H groups in total. The monoisotopic (exact) mass is 502 g/mol. The van der Waals surface area contributed by atoms with Crippen molar-refractivity contribution >= 4 is 61.2 Å². The Morgan fingerprint density at radius 2 is 1.91 bits per heavy atom. The number of fused-ring (bicyclic) bond motifs is 3. The van der Waals surface area contributed by atoms with E-state index in [-0.39, 0.29) is 11.8 Å². The summed E-state index contributed by atoms with van der Waals surface area (Å²) in [7, 11) is 4.64. The number of nitrogen functional groups attached to an aromatic ring is 1. The van der Waals surface area contributed by atoms with Crippen molar-refractivity contribution in [2.24, 2.45) is 0 Å². The van der Waals surface area contributed by atoms with Gasteiger partial charge in [-0.25, -0.2) is 9.97 Å². The van der Waals surface area contributed by atoms with Crippen LogP contribution < -0.4 is 16.4 Å². The van der Waals surface area contributed by atoms with Crippen LogP contribution in [-0.2, 0) is 22.6 Å². The van der Waals surface area contributed by atoms with Gasteiger partial charge in [0.05, 0.1) is 16.8 Å². The van der Waals surface area contributed by atoms with E-state index in [4.69, 9.17) is 10.7 Å². The lowest BCUT2D eigenvalue weighted by Gasteiger charge is -2.11. The number of nitrogens with zero attached hydrogens (tertiary/aromatic N) is 3. The van der Waals surface area contributed by atoms with Crippen molar-refractivity contribution in [2.45, 2.75) is 52.0 Å². The Bertz CT molecular complexity index is 1120. The Kier molecular flexibility index (Phi) is 10.3. The Labute approximate surface area is 208 Å². The molecular weight excluding hydrogens is 468 g/mol. The third-order valence-corrected chi connectivity index (χ3v) is 7.81. The van der Waals surface area contributed by atoms with Crippen LogP contribution in [0.25, 0.3) is 21.9 Å². The SMILES string of the molecule is CCCCc1nc2c(N)nc3ccccc3c2n1CCCCNC(=O)CCSSCC(=O)NC. The first-order valence-corrected chi connectivity index (χ1v) is 14.3. The number of hydrogen-bond acceptors (Lipinski definition) is 7. The molecule has 1 aromatic carbocycles. The number of aromatic nitrogens is 3. The molecule has 2 amide bonds. The standard InChI is InChI=1S/C24H34N6O2S2/c1-3-4-11-19-29-22-23(17-9-5-6-10-18(17)28-24(22)25)30(19)14-8-7-13-27-20(31)12-15-33-34-16-21(32)26-2/h5-6,9-10H,3-4,7-8,11-16H2,1-2H3,(H2,25,28)(H,26,32)(H,27,31). The van der Waals surface area contributed by atoms with E-state index in [1.165, 1.54) is 10.8 Å². The number of nitrogens with one attached hydrogen (secondary N) is 2. The van der Waals surface area contributed by atoms with Crippen molar-refractivity contribution in [3.8, 4) is 0 Å². The molecule has 2 aromatic heterocycles. The minimum atomic E-state index is -0.00239. The molecule has 3 rings (SSSR count). The number of nitrogens with two attached hydrogens (primary N) is 1. The van der Waals surface area contributed by atoms with E-state index >= 15 is 0 Å². The van der Waals surface area contributed by atoms with Crippen LogP contribution in [0, 0.1) is 0 Å². The number of imidazole rings is 1. The highest BCUT2D eigenvalue weighted by molar-refractivity contribution is 8.76. The lowest BCUT2D eigenvalue weighted by Crippen LogP contribution is -2.24. The predicted octanol–water partition coefficient (Wildman–Crippen LogP) is 3.92. The van der Waals surface area contributed by atoms with Crippen LogP contribution in [0.4, 0.5) is 5.82 Å². The zero-order valence-corrected chi connectivity index (χ0v) is 21.6. The lowest BCUT2D eigenvalue weighted by molar-refractivity contribution is -0.120. The van der Waals surface area contributed by atoms with Gasteiger partial charge in [-0.15, -0.1) is 0 Å². The summed E-state index contributed by atoms with van der Waals surface area (Å²) in [6.07, 6.45) is 5.35. The second-order valence-electron chi connectivity index (χ2n) is 8.06. The van der Waals surface area contributed by atoms with Gasteiger partial charge < -0.3 is 20.9 Å². The Morgan fingerprint density at radius 1 is 1.09 bits per heavy atom. The number of aryl methyl sites for hydroxylation is 2. The molecule has 10 heteroatoms. The first-order chi connectivity index (χ1) is 16.5. The largest absolute Gasteiger partial charge is 0.382 e. The van der Waals surface area contributed by atoms with Crippen LogP contribution in [-0.4, -0.2) is 51.4 Å². The molecule has 0 unspecified atom stereocenters. The molecule has 0 radical (unpaired) electrons. The summed E-state index contributed by atoms with van der Waals surface area (Å²) in [5.41, 5.74) is 8.99. The van der Waals surface area contributed by atoms with E-state index in [1.807, 2.05) is 18.2 Å². The summed E-state index contributed by atoms with van der Waals surface area (Å²) in [5, 5.41) is 6.66. The number of unbranched alkanes of at least 4 members (excludes halogenated alkanes) is 2. The molecule has 3 aromatic rings. The predicted molar refractivity (Wildman–Crippen MR) is 144 cm³/mol. The minimum absolute atomic E-state index is 0.00239. The number of hydrogen-bond donors (Lipinski definition) is 3. The van der Waals surface area contributed by atoms with E-state index in [1.54, 1.807) is 17.8 Å². The number of amides is 2. The minimum Gasteiger partial charge on any atom is -0.382 e. The molecule has 0 fully saturated rings. The van der Waals surface area contributed by atoms with Gasteiger partial charge >= 0.3 is 0 Å². The number of pyridine rings is 1. The summed E-state index contributed by atoms with van der Waals surface area (Å²) >= 11 is 0. The van der Waals surface area contributed by atoms with Crippen molar-refractivity contribution in [1.82, 2.24) is 25.2 Å². The van der Waals surface area contributed by atoms with Crippen molar-refractivity contribution in [1.29, 1.82) is 0 Å². The van der Waals surface area contributed by atoms with Gasteiger partial charge in [0.2, 0.25) is 11.8 Å². The van der Waals surface area contributed by atoms with Gasteiger partial charge in [-0.1, -0.05) is 53.1 Å². The molecule has 0 aliphatic carbocycles. The van der Waals surface area contributed by atoms with E-state index in [9.17, 15) is 9.59 Å². The van der Waals surface area contributed by atoms with Gasteiger partial charge in [-0.05, 0) is 25.3 Å². The van der Waals surface area contributed by atoms with Gasteiger partial charge in [0.1, 0.15) is 11.3 Å². The molecule has 8 nitrogen and oxygen atoms in total. The normalized spacial score (nSPS) is 11.2. The van der Waals surface area contributed by atoms with E-state index < -0.39 is 0 Å². The zero-order valence-electron chi connectivity index (χ0n) is 19.9. The first-order valence-electron chi connectivity index (χ1n) is 11.8. The van der Waals surface area contributed by atoms with Crippen molar-refractivity contribution in [2.75, 3.05) is 30.8 Å². The molecule has 2 heterocycles. The highest BCUT2D eigenvalue weighted by Gasteiger charge is 2.16. The third kappa shape index (κ3) is 7.02. The molecule has 0 bridgehead atoms. The summed E-state index contributed by atoms with van der Waals surface area (Å²) in [6, 6.07) is 8.06. The summed E-state index contributed by atoms with van der Waals surface area (Å²) in [6.45, 7) is 3.65. The van der Waals surface area contributed by atoms with Crippen molar-refractivity contribution in [3.05, 3.63) is 30.1 Å². The molecule has 0 saturated heterocycles. The smallest absolute Gasteiger partial charge is 0.230 e. The average molecular weight is 503 g/mol. The van der Waals surface area contributed by atoms with Crippen LogP contribution in [0.1, 0.15) is 44.9 Å². The summed E-state index contributed by atoms with van der Waals surface area (Å²) in [5.74, 6) is 2.67. The first kappa shape index (κ1) is 26.2. The lowest BCUT2D eigenvalue weighted by atomic mass is 10.2. The number of para-hydroxylation sites is 1. The average Bonchev–Trinajstić information content (AvgIpc) is 3.21. The molecule has 0 spiro atoms. The fourth-order valence-electron chi connectivity index (χ4n) is 3.74. The highest BCUT2D eigenvalue weighted by Crippen LogP contribution is 2.29. The molecular formula is C24H34N6O2S2. The second-order valence-corrected chi connectivity index (χ2v) is 10.6. The summed E-state index contributed by atoms with van der Waals surface area (Å²) < 4.78 is 2.30. The van der Waals surface area contributed by atoms with E-state index in [0.29, 0.717) is 30.3 Å². The van der Waals surface area contributed by atoms with Gasteiger partial charge in [-0.3, -0.25) is 9.59 Å². The number of anilines is 1. The van der Waals surface area contributed by atoms with Crippen LogP contribution in [0.2, 0.25) is 0 Å². The Balaban J connectivity index is 1.54. The quantitative estimate of drug-likeness (QED) is 0.226. The maximum atomic E-state index is 12.1. The Hall–Kier alpha value is -2.46. The van der Waals surface area contributed by atoms with Crippen molar-refractivity contribution in [3.63, 3.8) is 0 Å². The van der Waals surface area contributed by atoms with Crippen LogP contribution in [0.15, 0.2) is 24.3 Å². The second kappa shape index (κ2) is 13.4. The van der Waals surface area contributed by atoms with Crippen molar-refractivity contribution < 1.29 is 9.59 Å². The molecule has 0 aliphatic heterocycles. The molecule has 34 heavy (non-hydrogen) atoms. The molecule has 0 atom stereocenters. The maximum absolute atomic E-state index is 12.1. The van der Waals surface area contributed by atoms with Gasteiger partial charge in [-0.2, -0.15) is 0 Å². The Morgan fingerprint density at radius 3 is 2.71 bits per heavy atom. The maximum Gasteiger partial charge on any atom is 0.230 e. The highest BCUT2D eigenvalue weighted by atomic mass is 33.1. The fourth-order valence-corrected chi connectivity index (χ4v) is 5.64. The van der Waals surface area contributed by atoms with Crippen LogP contribution in [0.3, 0.4) is 0 Å². The number of carbonyl (C=O) groups is 2. The molecule has 184 valence electrons. The van der Waals surface area contributed by atoms with Gasteiger partial charge in [0.15, 0.2) is 5.82 Å². The summed E-state index contributed by atoms with van der Waals surface area (Å²) in [4.78, 5) is 32.7. The number of carbonyl (C=O) groups excluding carboxylic acids is 2. The number of rotatable bonds is 14. The van der Waals surface area contributed by atoms with E-state index in [0.717, 1.165) is 66.4 Å². The van der Waals surface area contributed by atoms with Gasteiger partial charge in [0, 0.05) is 44.1 Å². The van der Waals surface area contributed by atoms with Gasteiger partial charge in [0.25, 0.3) is 0 Å². The molecule has 0 saturated carbocycles. The molecule has 0 aliphatic rings. The topological polar surface area (TPSA) is 115 Å².